The van der Waals surface area contributed by atoms with E-state index in [0.29, 0.717) is 13.0 Å². The number of nitrogens with one attached hydrogen (secondary N) is 1. The highest BCUT2D eigenvalue weighted by molar-refractivity contribution is 5.95. The molecule has 0 fully saturated rings. The van der Waals surface area contributed by atoms with Gasteiger partial charge >= 0.3 is 0 Å². The van der Waals surface area contributed by atoms with Crippen LogP contribution in [-0.2, 0) is 6.54 Å². The summed E-state index contributed by atoms with van der Waals surface area (Å²) in [6.45, 7) is 6.61. The average Bonchev–Trinajstić information content (AvgIpc) is 3.05. The molecule has 0 aliphatic carbocycles. The summed E-state index contributed by atoms with van der Waals surface area (Å²) in [5.41, 5.74) is 4.51. The van der Waals surface area contributed by atoms with Crippen molar-refractivity contribution in [2.24, 2.45) is 0 Å². The van der Waals surface area contributed by atoms with Gasteiger partial charge in [-0.3, -0.25) is 0 Å². The van der Waals surface area contributed by atoms with Crippen LogP contribution in [0.15, 0.2) is 24.5 Å². The molecular weight excluding hydrogens is 264 g/mol. The Bertz CT molecular complexity index is 772. The number of fused-ring (bicyclic) bond motifs is 1. The quantitative estimate of drug-likeness (QED) is 0.774. The van der Waals surface area contributed by atoms with Gasteiger partial charge in [-0.1, -0.05) is 19.1 Å². The lowest BCUT2D eigenvalue weighted by molar-refractivity contribution is 0.146. The van der Waals surface area contributed by atoms with Gasteiger partial charge in [0.25, 0.3) is 0 Å². The van der Waals surface area contributed by atoms with E-state index >= 15 is 0 Å². The van der Waals surface area contributed by atoms with Gasteiger partial charge in [0.2, 0.25) is 0 Å². The predicted octanol–water partition coefficient (Wildman–Crippen LogP) is 2.81. The Kier molecular flexibility index (Phi) is 3.51. The fourth-order valence-electron chi connectivity index (χ4n) is 2.60. The zero-order valence-electron chi connectivity index (χ0n) is 12.6. The van der Waals surface area contributed by atoms with Crippen molar-refractivity contribution in [2.75, 3.05) is 0 Å². The number of aromatic amines is 1. The summed E-state index contributed by atoms with van der Waals surface area (Å²) >= 11 is 0. The van der Waals surface area contributed by atoms with Gasteiger partial charge in [0.05, 0.1) is 18.2 Å². The van der Waals surface area contributed by atoms with Crippen molar-refractivity contribution in [1.82, 2.24) is 19.7 Å². The molecular formula is C16H20N4O. The maximum absolute atomic E-state index is 9.87. The molecule has 2 aromatic heterocycles. The Hall–Kier alpha value is -2.14. The topological polar surface area (TPSA) is 66.7 Å². The molecule has 5 heteroatoms. The molecule has 3 rings (SSSR count). The van der Waals surface area contributed by atoms with Crippen LogP contribution in [0.3, 0.4) is 0 Å². The molecule has 0 aliphatic heterocycles. The highest BCUT2D eigenvalue weighted by atomic mass is 16.3. The molecule has 5 nitrogen and oxygen atoms in total. The average molecular weight is 284 g/mol. The third kappa shape index (κ3) is 2.34. The second kappa shape index (κ2) is 5.33. The Morgan fingerprint density at radius 2 is 2.14 bits per heavy atom. The second-order valence-corrected chi connectivity index (χ2v) is 5.43. The zero-order valence-corrected chi connectivity index (χ0v) is 12.6. The lowest BCUT2D eigenvalue weighted by atomic mass is 10.1. The molecule has 0 saturated heterocycles. The minimum Gasteiger partial charge on any atom is -0.391 e. The van der Waals surface area contributed by atoms with Crippen molar-refractivity contribution < 1.29 is 5.11 Å². The zero-order chi connectivity index (χ0) is 15.0. The summed E-state index contributed by atoms with van der Waals surface area (Å²) in [5.74, 6) is 0.786. The molecule has 21 heavy (non-hydrogen) atoms. The number of aliphatic hydroxyl groups excluding tert-OH is 1. The van der Waals surface area contributed by atoms with Crippen molar-refractivity contribution in [3.63, 3.8) is 0 Å². The number of benzene rings is 1. The van der Waals surface area contributed by atoms with Crippen LogP contribution in [0.2, 0.25) is 0 Å². The highest BCUT2D eigenvalue weighted by Crippen LogP contribution is 2.30. The first kappa shape index (κ1) is 13.8. The van der Waals surface area contributed by atoms with Gasteiger partial charge in [0.15, 0.2) is 5.82 Å². The van der Waals surface area contributed by atoms with Crippen LogP contribution in [0.25, 0.3) is 22.3 Å². The molecule has 0 bridgehead atoms. The molecule has 1 aromatic carbocycles. The minimum absolute atomic E-state index is 0.406. The van der Waals surface area contributed by atoms with E-state index < -0.39 is 6.10 Å². The van der Waals surface area contributed by atoms with Gasteiger partial charge in [-0.2, -0.15) is 5.10 Å². The summed E-state index contributed by atoms with van der Waals surface area (Å²) in [4.78, 5) is 7.82. The van der Waals surface area contributed by atoms with E-state index in [9.17, 15) is 5.11 Å². The van der Waals surface area contributed by atoms with Crippen LogP contribution >= 0.6 is 0 Å². The molecule has 0 amide bonds. The van der Waals surface area contributed by atoms with Crippen molar-refractivity contribution in [3.8, 4) is 11.4 Å². The smallest absolute Gasteiger partial charge is 0.160 e. The van der Waals surface area contributed by atoms with E-state index in [1.54, 1.807) is 11.0 Å². The maximum Gasteiger partial charge on any atom is 0.160 e. The van der Waals surface area contributed by atoms with E-state index in [1.807, 2.05) is 19.1 Å². The summed E-state index contributed by atoms with van der Waals surface area (Å²) in [6.07, 6.45) is 1.83. The van der Waals surface area contributed by atoms with Crippen LogP contribution in [0.1, 0.15) is 24.6 Å². The van der Waals surface area contributed by atoms with Gasteiger partial charge in [0.1, 0.15) is 6.33 Å². The monoisotopic (exact) mass is 284 g/mol. The number of aliphatic hydroxyl groups is 1. The highest BCUT2D eigenvalue weighted by Gasteiger charge is 2.15. The standard InChI is InChI=1S/C16H20N4O/c1-4-12(21)8-20-16(17-9-18-20)14-7-5-6-13-10(2)11(3)19-15(13)14/h5-7,9,12,19,21H,4,8H2,1-3H3/t12-/m1/s1. The second-order valence-electron chi connectivity index (χ2n) is 5.43. The third-order valence-electron chi connectivity index (χ3n) is 4.05. The first-order valence-corrected chi connectivity index (χ1v) is 7.26. The Labute approximate surface area is 123 Å². The molecule has 0 saturated carbocycles. The van der Waals surface area contributed by atoms with Gasteiger partial charge < -0.3 is 10.1 Å². The number of aryl methyl sites for hydroxylation is 2. The number of aromatic nitrogens is 4. The minimum atomic E-state index is -0.406. The number of nitrogens with zero attached hydrogens (tertiary/aromatic N) is 3. The molecule has 2 heterocycles. The maximum atomic E-state index is 9.87. The molecule has 110 valence electrons. The predicted molar refractivity (Wildman–Crippen MR) is 83.1 cm³/mol. The van der Waals surface area contributed by atoms with Crippen LogP contribution in [0, 0.1) is 13.8 Å². The molecule has 0 radical (unpaired) electrons. The number of hydrogen-bond donors (Lipinski definition) is 2. The molecule has 0 unspecified atom stereocenters. The Morgan fingerprint density at radius 3 is 2.90 bits per heavy atom. The van der Waals surface area contributed by atoms with Gasteiger partial charge in [-0.05, 0) is 31.9 Å². The SMILES string of the molecule is CC[C@@H](O)Cn1ncnc1-c1cccc2c(C)c(C)[nH]c12. The van der Waals surface area contributed by atoms with Crippen LogP contribution in [0.4, 0.5) is 0 Å². The number of hydrogen-bond acceptors (Lipinski definition) is 3. The van der Waals surface area contributed by atoms with Crippen molar-refractivity contribution in [3.05, 3.63) is 35.8 Å². The molecule has 2 N–H and O–H groups in total. The normalized spacial score (nSPS) is 13.0. The summed E-state index contributed by atoms with van der Waals surface area (Å²) in [7, 11) is 0. The lowest BCUT2D eigenvalue weighted by Crippen LogP contribution is -2.16. The largest absolute Gasteiger partial charge is 0.391 e. The summed E-state index contributed by atoms with van der Waals surface area (Å²) in [6, 6.07) is 6.18. The first-order valence-electron chi connectivity index (χ1n) is 7.26. The van der Waals surface area contributed by atoms with Crippen molar-refractivity contribution in [1.29, 1.82) is 0 Å². The molecule has 0 spiro atoms. The van der Waals surface area contributed by atoms with E-state index in [-0.39, 0.29) is 0 Å². The number of para-hydroxylation sites is 1. The fourth-order valence-corrected chi connectivity index (χ4v) is 2.60. The summed E-state index contributed by atoms with van der Waals surface area (Å²) in [5, 5.41) is 15.3. The van der Waals surface area contributed by atoms with E-state index in [0.717, 1.165) is 22.6 Å². The molecule has 3 aromatic rings. The summed E-state index contributed by atoms with van der Waals surface area (Å²) < 4.78 is 1.77. The molecule has 1 atom stereocenters. The van der Waals surface area contributed by atoms with Crippen molar-refractivity contribution >= 4 is 10.9 Å². The fraction of sp³-hybridized carbons (Fsp3) is 0.375. The Morgan fingerprint density at radius 1 is 1.33 bits per heavy atom. The van der Waals surface area contributed by atoms with Gasteiger partial charge in [0, 0.05) is 16.6 Å². The van der Waals surface area contributed by atoms with Crippen LogP contribution < -0.4 is 0 Å². The third-order valence-corrected chi connectivity index (χ3v) is 4.05. The van der Waals surface area contributed by atoms with Crippen molar-refractivity contribution in [2.45, 2.75) is 39.8 Å². The molecule has 0 aliphatic rings. The number of H-pyrrole nitrogens is 1. The van der Waals surface area contributed by atoms with Crippen LogP contribution in [-0.4, -0.2) is 31.0 Å². The Balaban J connectivity index is 2.13. The van der Waals surface area contributed by atoms with Crippen LogP contribution in [0.5, 0.6) is 0 Å². The lowest BCUT2D eigenvalue weighted by Gasteiger charge is -2.10. The van der Waals surface area contributed by atoms with Gasteiger partial charge in [-0.25, -0.2) is 9.67 Å². The first-order chi connectivity index (χ1) is 10.1. The van der Waals surface area contributed by atoms with E-state index in [2.05, 4.69) is 35.0 Å². The van der Waals surface area contributed by atoms with Gasteiger partial charge in [-0.15, -0.1) is 0 Å². The van der Waals surface area contributed by atoms with E-state index in [4.69, 9.17) is 0 Å². The number of rotatable bonds is 4. The van der Waals surface area contributed by atoms with E-state index in [1.165, 1.54) is 10.9 Å².